The van der Waals surface area contributed by atoms with Crippen LogP contribution >= 0.6 is 0 Å². The largest absolute Gasteiger partial charge is 0.409 e. The Morgan fingerprint density at radius 1 is 1.56 bits per heavy atom. The van der Waals surface area contributed by atoms with E-state index >= 15 is 0 Å². The monoisotopic (exact) mass is 256 g/mol. The number of amides is 1. The van der Waals surface area contributed by atoms with E-state index in [0.29, 0.717) is 18.9 Å². The van der Waals surface area contributed by atoms with E-state index in [9.17, 15) is 4.79 Å². The Morgan fingerprint density at radius 2 is 2.17 bits per heavy atom. The summed E-state index contributed by atoms with van der Waals surface area (Å²) in [7, 11) is 2.11. The van der Waals surface area contributed by atoms with Crippen molar-refractivity contribution < 1.29 is 10.0 Å². The Bertz CT molecular complexity index is 298. The molecule has 1 aliphatic heterocycles. The number of oxime groups is 1. The van der Waals surface area contributed by atoms with Gasteiger partial charge in [0.15, 0.2) is 5.84 Å². The standard InChI is InChI=1S/C12H24N4O2/c1-3-10(11(13)15-18)12(17)14-8-9-4-6-16(2)7-5-9/h9-10,18H,3-8H2,1-2H3,(H2,13,15)(H,14,17). The maximum absolute atomic E-state index is 11.9. The van der Waals surface area contributed by atoms with Gasteiger partial charge in [-0.15, -0.1) is 0 Å². The summed E-state index contributed by atoms with van der Waals surface area (Å²) in [5, 5.41) is 14.4. The minimum Gasteiger partial charge on any atom is -0.409 e. The molecule has 0 aromatic heterocycles. The number of hydrogen-bond acceptors (Lipinski definition) is 4. The van der Waals surface area contributed by atoms with Crippen LogP contribution in [-0.4, -0.2) is 48.5 Å². The van der Waals surface area contributed by atoms with Crippen LogP contribution in [-0.2, 0) is 4.79 Å². The van der Waals surface area contributed by atoms with Crippen LogP contribution in [0.15, 0.2) is 5.16 Å². The fraction of sp³-hybridized carbons (Fsp3) is 0.833. The van der Waals surface area contributed by atoms with Crippen LogP contribution in [0.5, 0.6) is 0 Å². The molecule has 0 aromatic rings. The number of rotatable bonds is 5. The number of piperidine rings is 1. The molecule has 1 rings (SSSR count). The van der Waals surface area contributed by atoms with Gasteiger partial charge in [0.05, 0.1) is 5.92 Å². The van der Waals surface area contributed by atoms with Crippen molar-refractivity contribution in [3.63, 3.8) is 0 Å². The van der Waals surface area contributed by atoms with Gasteiger partial charge in [-0.05, 0) is 45.3 Å². The minimum absolute atomic E-state index is 0.0154. The van der Waals surface area contributed by atoms with Crippen LogP contribution in [0, 0.1) is 11.8 Å². The van der Waals surface area contributed by atoms with Crippen LogP contribution in [0.3, 0.4) is 0 Å². The second-order valence-corrected chi connectivity index (χ2v) is 4.98. The molecule has 1 unspecified atom stereocenters. The zero-order valence-corrected chi connectivity index (χ0v) is 11.2. The molecule has 0 bridgehead atoms. The highest BCUT2D eigenvalue weighted by atomic mass is 16.4. The molecule has 18 heavy (non-hydrogen) atoms. The highest BCUT2D eigenvalue weighted by molar-refractivity contribution is 6.01. The van der Waals surface area contributed by atoms with Crippen molar-refractivity contribution in [2.75, 3.05) is 26.7 Å². The molecule has 0 aromatic carbocycles. The lowest BCUT2D eigenvalue weighted by atomic mass is 9.96. The Kier molecular flexibility index (Phi) is 5.91. The number of hydrogen-bond donors (Lipinski definition) is 3. The molecule has 1 aliphatic rings. The average Bonchev–Trinajstić information content (AvgIpc) is 2.38. The molecule has 6 heteroatoms. The number of carbonyl (C=O) groups excluding carboxylic acids is 1. The molecule has 0 aliphatic carbocycles. The van der Waals surface area contributed by atoms with Gasteiger partial charge < -0.3 is 21.2 Å². The fourth-order valence-electron chi connectivity index (χ4n) is 2.23. The number of carbonyl (C=O) groups is 1. The first-order valence-corrected chi connectivity index (χ1v) is 6.52. The minimum atomic E-state index is -0.527. The van der Waals surface area contributed by atoms with Crippen molar-refractivity contribution in [3.05, 3.63) is 0 Å². The molecule has 1 amide bonds. The van der Waals surface area contributed by atoms with Gasteiger partial charge in [-0.1, -0.05) is 12.1 Å². The molecule has 104 valence electrons. The number of likely N-dealkylation sites (tertiary alicyclic amines) is 1. The van der Waals surface area contributed by atoms with Crippen molar-refractivity contribution >= 4 is 11.7 Å². The normalized spacial score (nSPS) is 20.7. The summed E-state index contributed by atoms with van der Waals surface area (Å²) in [5.74, 6) is -0.152. The summed E-state index contributed by atoms with van der Waals surface area (Å²) in [6.45, 7) is 4.69. The van der Waals surface area contributed by atoms with Gasteiger partial charge in [0.25, 0.3) is 0 Å². The molecule has 1 heterocycles. The second-order valence-electron chi connectivity index (χ2n) is 4.98. The molecule has 1 saturated heterocycles. The van der Waals surface area contributed by atoms with E-state index in [4.69, 9.17) is 10.9 Å². The van der Waals surface area contributed by atoms with E-state index in [1.165, 1.54) is 0 Å². The molecule has 0 radical (unpaired) electrons. The van der Waals surface area contributed by atoms with Crippen molar-refractivity contribution in [2.45, 2.75) is 26.2 Å². The number of amidine groups is 1. The van der Waals surface area contributed by atoms with Gasteiger partial charge in [-0.3, -0.25) is 4.79 Å². The molecule has 0 saturated carbocycles. The van der Waals surface area contributed by atoms with E-state index < -0.39 is 5.92 Å². The first kappa shape index (κ1) is 14.8. The smallest absolute Gasteiger partial charge is 0.230 e. The number of nitrogens with zero attached hydrogens (tertiary/aromatic N) is 2. The van der Waals surface area contributed by atoms with Crippen LogP contribution < -0.4 is 11.1 Å². The fourth-order valence-corrected chi connectivity index (χ4v) is 2.23. The van der Waals surface area contributed by atoms with E-state index in [1.54, 1.807) is 0 Å². The summed E-state index contributed by atoms with van der Waals surface area (Å²) < 4.78 is 0. The third-order valence-electron chi connectivity index (χ3n) is 3.60. The van der Waals surface area contributed by atoms with Crippen molar-refractivity contribution in [3.8, 4) is 0 Å². The van der Waals surface area contributed by atoms with Crippen LogP contribution in [0.1, 0.15) is 26.2 Å². The average molecular weight is 256 g/mol. The molecule has 6 nitrogen and oxygen atoms in total. The highest BCUT2D eigenvalue weighted by Gasteiger charge is 2.23. The zero-order valence-electron chi connectivity index (χ0n) is 11.2. The summed E-state index contributed by atoms with van der Waals surface area (Å²) in [6.07, 6.45) is 2.75. The topological polar surface area (TPSA) is 91.0 Å². The molecule has 4 N–H and O–H groups in total. The third-order valence-corrected chi connectivity index (χ3v) is 3.60. The van der Waals surface area contributed by atoms with Crippen LogP contribution in [0.2, 0.25) is 0 Å². The number of nitrogens with two attached hydrogens (primary N) is 1. The molecule has 0 spiro atoms. The van der Waals surface area contributed by atoms with E-state index in [0.717, 1.165) is 25.9 Å². The number of nitrogens with one attached hydrogen (secondary N) is 1. The Labute approximate surface area is 108 Å². The van der Waals surface area contributed by atoms with Crippen LogP contribution in [0.25, 0.3) is 0 Å². The predicted molar refractivity (Wildman–Crippen MR) is 70.4 cm³/mol. The molecule has 1 fully saturated rings. The van der Waals surface area contributed by atoms with Crippen molar-refractivity contribution in [1.82, 2.24) is 10.2 Å². The summed E-state index contributed by atoms with van der Waals surface area (Å²) >= 11 is 0. The predicted octanol–water partition coefficient (Wildman–Crippen LogP) is 0.217. The van der Waals surface area contributed by atoms with Gasteiger partial charge in [0.2, 0.25) is 5.91 Å². The molecular weight excluding hydrogens is 232 g/mol. The van der Waals surface area contributed by atoms with Crippen LogP contribution in [0.4, 0.5) is 0 Å². The van der Waals surface area contributed by atoms with E-state index in [1.807, 2.05) is 6.92 Å². The first-order chi connectivity index (χ1) is 8.58. The van der Waals surface area contributed by atoms with Gasteiger partial charge in [0, 0.05) is 6.54 Å². The zero-order chi connectivity index (χ0) is 13.5. The lowest BCUT2D eigenvalue weighted by molar-refractivity contribution is -0.123. The Balaban J connectivity index is 2.36. The van der Waals surface area contributed by atoms with E-state index in [2.05, 4.69) is 22.4 Å². The maximum Gasteiger partial charge on any atom is 0.230 e. The summed E-state index contributed by atoms with van der Waals surface area (Å²) in [5.41, 5.74) is 5.49. The Hall–Kier alpha value is -1.30. The summed E-state index contributed by atoms with van der Waals surface area (Å²) in [6, 6.07) is 0. The third kappa shape index (κ3) is 4.18. The first-order valence-electron chi connectivity index (χ1n) is 6.52. The molecular formula is C12H24N4O2. The highest BCUT2D eigenvalue weighted by Crippen LogP contribution is 2.15. The van der Waals surface area contributed by atoms with Gasteiger partial charge >= 0.3 is 0 Å². The second kappa shape index (κ2) is 7.20. The summed E-state index contributed by atoms with van der Waals surface area (Å²) in [4.78, 5) is 14.2. The quantitative estimate of drug-likeness (QED) is 0.284. The van der Waals surface area contributed by atoms with Gasteiger partial charge in [-0.2, -0.15) is 0 Å². The lowest BCUT2D eigenvalue weighted by Crippen LogP contribution is -2.42. The van der Waals surface area contributed by atoms with Crippen molar-refractivity contribution in [2.24, 2.45) is 22.7 Å². The SMILES string of the molecule is CCC(C(=O)NCC1CCN(C)CC1)/C(N)=N/O. The van der Waals surface area contributed by atoms with Gasteiger partial charge in [0.1, 0.15) is 0 Å². The lowest BCUT2D eigenvalue weighted by Gasteiger charge is -2.29. The van der Waals surface area contributed by atoms with E-state index in [-0.39, 0.29) is 11.7 Å². The van der Waals surface area contributed by atoms with Gasteiger partial charge in [-0.25, -0.2) is 0 Å². The van der Waals surface area contributed by atoms with Crippen molar-refractivity contribution in [1.29, 1.82) is 0 Å². The maximum atomic E-state index is 11.9. The molecule has 1 atom stereocenters. The Morgan fingerprint density at radius 3 is 2.67 bits per heavy atom.